The fraction of sp³-hybridized carbons (Fsp3) is 0.200. The summed E-state index contributed by atoms with van der Waals surface area (Å²) >= 11 is 0. The molecule has 3 rings (SSSR count). The molecule has 0 radical (unpaired) electrons. The Bertz CT molecular complexity index is 998. The third kappa shape index (κ3) is 4.22. The van der Waals surface area contributed by atoms with Crippen LogP contribution in [0.5, 0.6) is 0 Å². The molecule has 0 aliphatic heterocycles. The van der Waals surface area contributed by atoms with E-state index in [4.69, 9.17) is 0 Å². The molecule has 144 valence electrons. The lowest BCUT2D eigenvalue weighted by atomic mass is 10.2. The summed E-state index contributed by atoms with van der Waals surface area (Å²) in [5, 5.41) is 13.4. The number of hydrogen-bond acceptors (Lipinski definition) is 4. The molecule has 3 aromatic rings. The van der Waals surface area contributed by atoms with Gasteiger partial charge in [0.1, 0.15) is 5.82 Å². The van der Waals surface area contributed by atoms with Gasteiger partial charge in [0.25, 0.3) is 11.8 Å². The molecule has 0 spiro atoms. The predicted octanol–water partition coefficient (Wildman–Crippen LogP) is 2.39. The Kier molecular flexibility index (Phi) is 5.78. The summed E-state index contributed by atoms with van der Waals surface area (Å²) in [4.78, 5) is 24.3. The summed E-state index contributed by atoms with van der Waals surface area (Å²) in [6, 6.07) is 12.9. The molecule has 2 amide bonds. The first kappa shape index (κ1) is 19.2. The van der Waals surface area contributed by atoms with E-state index in [9.17, 15) is 14.0 Å². The number of benzene rings is 2. The van der Waals surface area contributed by atoms with Gasteiger partial charge in [0.05, 0.1) is 11.4 Å². The summed E-state index contributed by atoms with van der Waals surface area (Å²) in [5.41, 5.74) is 2.62. The van der Waals surface area contributed by atoms with Gasteiger partial charge in [-0.1, -0.05) is 17.3 Å². The van der Waals surface area contributed by atoms with Gasteiger partial charge < -0.3 is 10.6 Å². The van der Waals surface area contributed by atoms with Crippen LogP contribution in [0.2, 0.25) is 0 Å². The Labute approximate surface area is 161 Å². The van der Waals surface area contributed by atoms with E-state index in [1.165, 1.54) is 16.8 Å². The number of nitrogens with zero attached hydrogens (tertiary/aromatic N) is 3. The van der Waals surface area contributed by atoms with Crippen LogP contribution < -0.4 is 10.6 Å². The molecule has 0 aliphatic rings. The van der Waals surface area contributed by atoms with Gasteiger partial charge in [0.15, 0.2) is 5.69 Å². The van der Waals surface area contributed by atoms with Crippen LogP contribution in [0.4, 0.5) is 4.39 Å². The van der Waals surface area contributed by atoms with Crippen molar-refractivity contribution in [2.75, 3.05) is 6.54 Å². The third-order valence-electron chi connectivity index (χ3n) is 4.16. The maximum atomic E-state index is 13.2. The third-order valence-corrected chi connectivity index (χ3v) is 4.16. The van der Waals surface area contributed by atoms with Crippen molar-refractivity contribution in [3.8, 4) is 5.69 Å². The maximum absolute atomic E-state index is 13.2. The summed E-state index contributed by atoms with van der Waals surface area (Å²) < 4.78 is 14.8. The van der Waals surface area contributed by atoms with Crippen molar-refractivity contribution in [3.63, 3.8) is 0 Å². The van der Waals surface area contributed by atoms with Gasteiger partial charge in [-0.3, -0.25) is 9.59 Å². The van der Waals surface area contributed by atoms with E-state index < -0.39 is 5.91 Å². The molecule has 0 fully saturated rings. The van der Waals surface area contributed by atoms with Crippen LogP contribution >= 0.6 is 0 Å². The molecule has 0 unspecified atom stereocenters. The quantitative estimate of drug-likeness (QED) is 0.686. The molecular formula is C20H20FN5O2. The van der Waals surface area contributed by atoms with Crippen molar-refractivity contribution < 1.29 is 14.0 Å². The average Bonchev–Trinajstić information content (AvgIpc) is 3.08. The molecular weight excluding hydrogens is 361 g/mol. The van der Waals surface area contributed by atoms with Crippen LogP contribution in [-0.4, -0.2) is 33.4 Å². The Hall–Kier alpha value is -3.55. The van der Waals surface area contributed by atoms with Gasteiger partial charge in [-0.25, -0.2) is 9.07 Å². The SMILES string of the molecule is CCNC(=O)c1ccc(-n2nnc(C(=O)NCc3cccc(F)c3)c2C)cc1. The smallest absolute Gasteiger partial charge is 0.274 e. The lowest BCUT2D eigenvalue weighted by Crippen LogP contribution is -2.24. The minimum atomic E-state index is -0.396. The topological polar surface area (TPSA) is 88.9 Å². The molecule has 0 saturated heterocycles. The van der Waals surface area contributed by atoms with Crippen LogP contribution in [-0.2, 0) is 6.54 Å². The van der Waals surface area contributed by atoms with Crippen LogP contribution in [0.1, 0.15) is 39.0 Å². The van der Waals surface area contributed by atoms with Crippen LogP contribution in [0, 0.1) is 12.7 Å². The van der Waals surface area contributed by atoms with Crippen molar-refractivity contribution in [1.82, 2.24) is 25.6 Å². The molecule has 0 aliphatic carbocycles. The number of amides is 2. The monoisotopic (exact) mass is 381 g/mol. The fourth-order valence-electron chi connectivity index (χ4n) is 2.71. The van der Waals surface area contributed by atoms with E-state index in [1.807, 2.05) is 6.92 Å². The van der Waals surface area contributed by atoms with Gasteiger partial charge in [0.2, 0.25) is 0 Å². The Balaban J connectivity index is 1.72. The standard InChI is InChI=1S/C20H20FN5O2/c1-3-22-19(27)15-7-9-17(10-8-15)26-13(2)18(24-25-26)20(28)23-12-14-5-4-6-16(21)11-14/h4-11H,3,12H2,1-2H3,(H,22,27)(H,23,28). The van der Waals surface area contributed by atoms with Crippen molar-refractivity contribution in [2.24, 2.45) is 0 Å². The molecule has 28 heavy (non-hydrogen) atoms. The van der Waals surface area contributed by atoms with E-state index in [-0.39, 0.29) is 24.0 Å². The second-order valence-corrected chi connectivity index (χ2v) is 6.15. The molecule has 0 atom stereocenters. The summed E-state index contributed by atoms with van der Waals surface area (Å²) in [6.45, 7) is 4.32. The second kappa shape index (κ2) is 8.43. The van der Waals surface area contributed by atoms with E-state index in [0.717, 1.165) is 0 Å². The fourth-order valence-corrected chi connectivity index (χ4v) is 2.71. The zero-order valence-electron chi connectivity index (χ0n) is 15.6. The molecule has 2 N–H and O–H groups in total. The minimum Gasteiger partial charge on any atom is -0.352 e. The van der Waals surface area contributed by atoms with E-state index in [2.05, 4.69) is 20.9 Å². The Morgan fingerprint density at radius 1 is 1.07 bits per heavy atom. The van der Waals surface area contributed by atoms with Crippen LogP contribution in [0.25, 0.3) is 5.69 Å². The largest absolute Gasteiger partial charge is 0.352 e. The molecule has 8 heteroatoms. The first-order valence-corrected chi connectivity index (χ1v) is 8.83. The highest BCUT2D eigenvalue weighted by molar-refractivity contribution is 5.94. The van der Waals surface area contributed by atoms with Gasteiger partial charge in [-0.2, -0.15) is 0 Å². The number of aromatic nitrogens is 3. The zero-order chi connectivity index (χ0) is 20.1. The van der Waals surface area contributed by atoms with Crippen molar-refractivity contribution in [3.05, 3.63) is 76.9 Å². The molecule has 7 nitrogen and oxygen atoms in total. The normalized spacial score (nSPS) is 10.5. The lowest BCUT2D eigenvalue weighted by molar-refractivity contribution is 0.0940. The molecule has 1 aromatic heterocycles. The number of carbonyl (C=O) groups excluding carboxylic acids is 2. The first-order valence-electron chi connectivity index (χ1n) is 8.83. The first-order chi connectivity index (χ1) is 13.5. The zero-order valence-corrected chi connectivity index (χ0v) is 15.6. The van der Waals surface area contributed by atoms with Gasteiger partial charge in [-0.15, -0.1) is 5.10 Å². The molecule has 2 aromatic carbocycles. The van der Waals surface area contributed by atoms with Crippen LogP contribution in [0.3, 0.4) is 0 Å². The van der Waals surface area contributed by atoms with Crippen molar-refractivity contribution in [2.45, 2.75) is 20.4 Å². The van der Waals surface area contributed by atoms with Crippen molar-refractivity contribution >= 4 is 11.8 Å². The van der Waals surface area contributed by atoms with E-state index >= 15 is 0 Å². The molecule has 0 saturated carbocycles. The van der Waals surface area contributed by atoms with Gasteiger partial charge >= 0.3 is 0 Å². The number of carbonyl (C=O) groups is 2. The Morgan fingerprint density at radius 2 is 1.82 bits per heavy atom. The molecule has 1 heterocycles. The highest BCUT2D eigenvalue weighted by atomic mass is 19.1. The predicted molar refractivity (Wildman–Crippen MR) is 102 cm³/mol. The van der Waals surface area contributed by atoms with E-state index in [1.54, 1.807) is 43.3 Å². The number of hydrogen-bond donors (Lipinski definition) is 2. The number of rotatable bonds is 6. The van der Waals surface area contributed by atoms with Crippen LogP contribution in [0.15, 0.2) is 48.5 Å². The number of halogens is 1. The van der Waals surface area contributed by atoms with E-state index in [0.29, 0.717) is 29.1 Å². The summed E-state index contributed by atoms with van der Waals surface area (Å²) in [6.07, 6.45) is 0. The summed E-state index contributed by atoms with van der Waals surface area (Å²) in [7, 11) is 0. The highest BCUT2D eigenvalue weighted by Gasteiger charge is 2.17. The van der Waals surface area contributed by atoms with Crippen molar-refractivity contribution in [1.29, 1.82) is 0 Å². The summed E-state index contributed by atoms with van der Waals surface area (Å²) in [5.74, 6) is -0.904. The maximum Gasteiger partial charge on any atom is 0.274 e. The minimum absolute atomic E-state index is 0.151. The highest BCUT2D eigenvalue weighted by Crippen LogP contribution is 2.14. The Morgan fingerprint density at radius 3 is 2.50 bits per heavy atom. The second-order valence-electron chi connectivity index (χ2n) is 6.15. The van der Waals surface area contributed by atoms with Gasteiger partial charge in [-0.05, 0) is 55.8 Å². The molecule has 0 bridgehead atoms. The number of nitrogens with one attached hydrogen (secondary N) is 2. The van der Waals surface area contributed by atoms with Gasteiger partial charge in [0, 0.05) is 18.7 Å². The average molecular weight is 381 g/mol. The lowest BCUT2D eigenvalue weighted by Gasteiger charge is -2.07.